The predicted molar refractivity (Wildman–Crippen MR) is 70.8 cm³/mol. The van der Waals surface area contributed by atoms with E-state index in [1.807, 2.05) is 0 Å². The minimum Gasteiger partial charge on any atom is -0.480 e. The Balaban J connectivity index is 0.000000394. The molecule has 1 heterocycles. The van der Waals surface area contributed by atoms with Crippen LogP contribution >= 0.6 is 0 Å². The van der Waals surface area contributed by atoms with Gasteiger partial charge in [-0.1, -0.05) is 0 Å². The van der Waals surface area contributed by atoms with Gasteiger partial charge < -0.3 is 25.5 Å². The van der Waals surface area contributed by atoms with Crippen molar-refractivity contribution in [3.8, 4) is 0 Å². The molecule has 118 valence electrons. The summed E-state index contributed by atoms with van der Waals surface area (Å²) in [5, 5.41) is 45.1. The second-order valence-corrected chi connectivity index (χ2v) is 4.05. The number of aromatic nitrogens is 1. The number of carbonyl (C=O) groups is 2. The Morgan fingerprint density at radius 1 is 1.14 bits per heavy atom. The fraction of sp³-hybridized carbons (Fsp3) is 0.417. The van der Waals surface area contributed by atoms with Crippen molar-refractivity contribution in [3.63, 3.8) is 0 Å². The summed E-state index contributed by atoms with van der Waals surface area (Å²) in [7, 11) is 0. The van der Waals surface area contributed by atoms with Gasteiger partial charge in [-0.2, -0.15) is 0 Å². The second-order valence-electron chi connectivity index (χ2n) is 4.05. The first-order valence-corrected chi connectivity index (χ1v) is 5.83. The molecule has 0 saturated carbocycles. The molecule has 21 heavy (non-hydrogen) atoms. The first-order chi connectivity index (χ1) is 9.90. The summed E-state index contributed by atoms with van der Waals surface area (Å²) in [6.07, 6.45) is 2.84. The first-order valence-electron chi connectivity index (χ1n) is 5.83. The van der Waals surface area contributed by atoms with E-state index in [4.69, 9.17) is 25.5 Å². The molecule has 0 bridgehead atoms. The van der Waals surface area contributed by atoms with Gasteiger partial charge in [0.2, 0.25) is 0 Å². The number of aromatic carboxylic acids is 1. The summed E-state index contributed by atoms with van der Waals surface area (Å²) in [6, 6.07) is 3.08. The quantitative estimate of drug-likeness (QED) is 0.340. The van der Waals surface area contributed by atoms with Crippen LogP contribution < -0.4 is 5.32 Å². The third-order valence-corrected chi connectivity index (χ3v) is 2.43. The highest BCUT2D eigenvalue weighted by molar-refractivity contribution is 5.86. The molecule has 0 fully saturated rings. The van der Waals surface area contributed by atoms with Crippen molar-refractivity contribution in [1.29, 1.82) is 0 Å². The maximum absolute atomic E-state index is 10.2. The van der Waals surface area contributed by atoms with Crippen molar-refractivity contribution in [2.24, 2.45) is 0 Å². The number of hydrogen-bond donors (Lipinski definition) is 6. The van der Waals surface area contributed by atoms with Crippen LogP contribution in [0, 0.1) is 0 Å². The van der Waals surface area contributed by atoms with Gasteiger partial charge in [0, 0.05) is 12.4 Å². The number of carboxylic acid groups (broad SMARTS) is 2. The number of aliphatic hydroxyl groups excluding tert-OH is 3. The lowest BCUT2D eigenvalue weighted by Gasteiger charge is -2.27. The van der Waals surface area contributed by atoms with Crippen LogP contribution in [0.15, 0.2) is 24.5 Å². The molecule has 9 nitrogen and oxygen atoms in total. The van der Waals surface area contributed by atoms with Gasteiger partial charge in [-0.25, -0.2) is 4.79 Å². The van der Waals surface area contributed by atoms with E-state index in [1.165, 1.54) is 18.5 Å². The normalized spacial score (nSPS) is 10.4. The molecule has 0 spiro atoms. The van der Waals surface area contributed by atoms with E-state index in [9.17, 15) is 9.59 Å². The molecule has 0 aliphatic rings. The molecular formula is C12H18N2O7. The Morgan fingerprint density at radius 2 is 1.71 bits per heavy atom. The second kappa shape index (κ2) is 9.77. The first kappa shape index (κ1) is 18.9. The predicted octanol–water partition coefficient (Wildman–Crippen LogP) is -1.84. The maximum atomic E-state index is 10.2. The van der Waals surface area contributed by atoms with E-state index < -0.39 is 43.8 Å². The number of aliphatic hydroxyl groups is 3. The molecule has 0 unspecified atom stereocenters. The fourth-order valence-electron chi connectivity index (χ4n) is 1.07. The highest BCUT2D eigenvalue weighted by Gasteiger charge is 2.27. The van der Waals surface area contributed by atoms with Gasteiger partial charge in [-0.3, -0.25) is 15.1 Å². The average Bonchev–Trinajstić information content (AvgIpc) is 2.50. The van der Waals surface area contributed by atoms with Crippen LogP contribution in [0.1, 0.15) is 10.4 Å². The van der Waals surface area contributed by atoms with Crippen LogP contribution in [0.25, 0.3) is 0 Å². The lowest BCUT2D eigenvalue weighted by Crippen LogP contribution is -2.56. The molecule has 1 aromatic rings. The van der Waals surface area contributed by atoms with Crippen LogP contribution in [-0.2, 0) is 4.79 Å². The van der Waals surface area contributed by atoms with E-state index in [0.29, 0.717) is 0 Å². The molecular weight excluding hydrogens is 284 g/mol. The molecule has 0 amide bonds. The summed E-state index contributed by atoms with van der Waals surface area (Å²) in [5.41, 5.74) is -1.09. The lowest BCUT2D eigenvalue weighted by atomic mass is 10.0. The van der Waals surface area contributed by atoms with Gasteiger partial charge in [0.05, 0.1) is 37.5 Å². The van der Waals surface area contributed by atoms with Gasteiger partial charge in [0.15, 0.2) is 0 Å². The molecule has 0 aliphatic heterocycles. The Hall–Kier alpha value is -2.07. The number of hydrogen-bond acceptors (Lipinski definition) is 7. The number of pyridine rings is 1. The lowest BCUT2D eigenvalue weighted by molar-refractivity contribution is -0.136. The Kier molecular flexibility index (Phi) is 8.81. The van der Waals surface area contributed by atoms with E-state index in [0.717, 1.165) is 0 Å². The van der Waals surface area contributed by atoms with Crippen LogP contribution in [-0.4, -0.2) is 74.4 Å². The van der Waals surface area contributed by atoms with Crippen LogP contribution in [0.2, 0.25) is 0 Å². The molecule has 0 atom stereocenters. The molecule has 0 radical (unpaired) electrons. The summed E-state index contributed by atoms with van der Waals surface area (Å²) in [4.78, 5) is 23.9. The number of rotatable bonds is 7. The van der Waals surface area contributed by atoms with Crippen LogP contribution in [0.5, 0.6) is 0 Å². The number of nitrogens with zero attached hydrogens (tertiary/aromatic N) is 1. The Labute approximate surface area is 120 Å². The van der Waals surface area contributed by atoms with Gasteiger partial charge >= 0.3 is 11.9 Å². The minimum atomic E-state index is -1.31. The van der Waals surface area contributed by atoms with E-state index in [-0.39, 0.29) is 5.56 Å². The SMILES string of the molecule is O=C(O)CNC(CO)(CO)CO.O=C(O)c1cccnc1. The zero-order valence-electron chi connectivity index (χ0n) is 11.1. The van der Waals surface area contributed by atoms with Gasteiger partial charge in [-0.05, 0) is 12.1 Å². The topological polar surface area (TPSA) is 160 Å². The minimum absolute atomic E-state index is 0.220. The summed E-state index contributed by atoms with van der Waals surface area (Å²) < 4.78 is 0. The average molecular weight is 302 g/mol. The van der Waals surface area contributed by atoms with Crippen molar-refractivity contribution in [2.45, 2.75) is 5.54 Å². The summed E-state index contributed by atoms with van der Waals surface area (Å²) in [6.45, 7) is -1.98. The third kappa shape index (κ3) is 7.32. The van der Waals surface area contributed by atoms with Gasteiger partial charge in [-0.15, -0.1) is 0 Å². The number of carboxylic acids is 2. The largest absolute Gasteiger partial charge is 0.480 e. The van der Waals surface area contributed by atoms with E-state index >= 15 is 0 Å². The highest BCUT2D eigenvalue weighted by atomic mass is 16.4. The van der Waals surface area contributed by atoms with Crippen LogP contribution in [0.4, 0.5) is 0 Å². The zero-order valence-corrected chi connectivity index (χ0v) is 11.1. The smallest absolute Gasteiger partial charge is 0.337 e. The number of aliphatic carboxylic acids is 1. The fourth-order valence-corrected chi connectivity index (χ4v) is 1.07. The maximum Gasteiger partial charge on any atom is 0.337 e. The van der Waals surface area contributed by atoms with Crippen molar-refractivity contribution in [1.82, 2.24) is 10.3 Å². The molecule has 0 aromatic carbocycles. The van der Waals surface area contributed by atoms with Crippen molar-refractivity contribution in [2.75, 3.05) is 26.4 Å². The number of nitrogens with one attached hydrogen (secondary N) is 1. The molecule has 6 N–H and O–H groups in total. The molecule has 1 aromatic heterocycles. The molecule has 9 heteroatoms. The van der Waals surface area contributed by atoms with E-state index in [2.05, 4.69) is 10.3 Å². The Bertz CT molecular complexity index is 426. The third-order valence-electron chi connectivity index (χ3n) is 2.43. The standard InChI is InChI=1S/C6H13NO5.C6H5NO2/c8-2-6(3-9,4-10)7-1-5(11)12;8-6(9)5-2-1-3-7-4-5/h7-10H,1-4H2,(H,11,12);1-4H,(H,8,9). The van der Waals surface area contributed by atoms with Gasteiger partial charge in [0.1, 0.15) is 0 Å². The highest BCUT2D eigenvalue weighted by Crippen LogP contribution is 2.00. The monoisotopic (exact) mass is 302 g/mol. The summed E-state index contributed by atoms with van der Waals surface area (Å²) in [5.74, 6) is -2.06. The van der Waals surface area contributed by atoms with Crippen molar-refractivity contribution in [3.05, 3.63) is 30.1 Å². The van der Waals surface area contributed by atoms with E-state index in [1.54, 1.807) is 6.07 Å². The van der Waals surface area contributed by atoms with Gasteiger partial charge in [0.25, 0.3) is 0 Å². The van der Waals surface area contributed by atoms with Crippen molar-refractivity contribution >= 4 is 11.9 Å². The summed E-state index contributed by atoms with van der Waals surface area (Å²) >= 11 is 0. The Morgan fingerprint density at radius 3 is 2.00 bits per heavy atom. The molecule has 1 rings (SSSR count). The molecule has 0 saturated heterocycles. The van der Waals surface area contributed by atoms with Crippen molar-refractivity contribution < 1.29 is 35.1 Å². The zero-order chi connectivity index (χ0) is 16.3. The van der Waals surface area contributed by atoms with Crippen LogP contribution in [0.3, 0.4) is 0 Å². The molecule has 0 aliphatic carbocycles.